The minimum absolute atomic E-state index is 0.0548. The molecule has 3 aromatic rings. The topological polar surface area (TPSA) is 72.3 Å². The van der Waals surface area contributed by atoms with E-state index in [2.05, 4.69) is 9.97 Å². The van der Waals surface area contributed by atoms with E-state index in [1.807, 2.05) is 54.6 Å². The second-order valence-corrected chi connectivity index (χ2v) is 4.86. The second kappa shape index (κ2) is 6.70. The Morgan fingerprint density at radius 2 is 1.65 bits per heavy atom. The first kappa shape index (κ1) is 14.7. The molecule has 2 aromatic carbocycles. The lowest BCUT2D eigenvalue weighted by Gasteiger charge is -2.08. The maximum atomic E-state index is 11.2. The third-order valence-corrected chi connectivity index (χ3v) is 3.28. The van der Waals surface area contributed by atoms with Crippen LogP contribution in [-0.4, -0.2) is 21.0 Å². The van der Waals surface area contributed by atoms with Crippen molar-refractivity contribution in [1.82, 2.24) is 9.97 Å². The number of aromatic nitrogens is 2. The van der Waals surface area contributed by atoms with Crippen LogP contribution in [0.2, 0.25) is 0 Å². The SMILES string of the molecule is O=C(O)c1nccnc1-c1ccc(COc2ccccc2)cc1. The number of hydrogen-bond acceptors (Lipinski definition) is 4. The molecule has 0 bridgehead atoms. The molecule has 0 saturated heterocycles. The molecular weight excluding hydrogens is 292 g/mol. The van der Waals surface area contributed by atoms with Gasteiger partial charge >= 0.3 is 5.97 Å². The molecule has 5 heteroatoms. The van der Waals surface area contributed by atoms with Crippen molar-refractivity contribution in [3.63, 3.8) is 0 Å². The summed E-state index contributed by atoms with van der Waals surface area (Å²) in [5, 5.41) is 9.17. The van der Waals surface area contributed by atoms with Gasteiger partial charge in [0.2, 0.25) is 0 Å². The number of ether oxygens (including phenoxy) is 1. The van der Waals surface area contributed by atoms with Crippen LogP contribution in [0.1, 0.15) is 16.1 Å². The zero-order chi connectivity index (χ0) is 16.1. The second-order valence-electron chi connectivity index (χ2n) is 4.86. The fraction of sp³-hybridized carbons (Fsp3) is 0.0556. The minimum Gasteiger partial charge on any atom is -0.489 e. The first-order chi connectivity index (χ1) is 11.2. The molecule has 0 fully saturated rings. The molecule has 5 nitrogen and oxygen atoms in total. The first-order valence-corrected chi connectivity index (χ1v) is 7.05. The Kier molecular flexibility index (Phi) is 4.29. The van der Waals surface area contributed by atoms with E-state index in [0.717, 1.165) is 11.3 Å². The van der Waals surface area contributed by atoms with E-state index in [1.165, 1.54) is 12.4 Å². The zero-order valence-corrected chi connectivity index (χ0v) is 12.2. The van der Waals surface area contributed by atoms with Crippen LogP contribution in [0, 0.1) is 0 Å². The Balaban J connectivity index is 1.76. The smallest absolute Gasteiger partial charge is 0.356 e. The molecular formula is C18H14N2O3. The maximum absolute atomic E-state index is 11.2. The molecule has 114 valence electrons. The molecule has 1 N–H and O–H groups in total. The molecule has 3 rings (SSSR count). The van der Waals surface area contributed by atoms with Gasteiger partial charge in [0.1, 0.15) is 18.1 Å². The van der Waals surface area contributed by atoms with Gasteiger partial charge < -0.3 is 9.84 Å². The van der Waals surface area contributed by atoms with Crippen LogP contribution in [0.5, 0.6) is 5.75 Å². The number of para-hydroxylation sites is 1. The summed E-state index contributed by atoms with van der Waals surface area (Å²) in [7, 11) is 0. The summed E-state index contributed by atoms with van der Waals surface area (Å²) in [6, 6.07) is 17.0. The average molecular weight is 306 g/mol. The van der Waals surface area contributed by atoms with E-state index in [0.29, 0.717) is 17.9 Å². The van der Waals surface area contributed by atoms with Gasteiger partial charge in [-0.3, -0.25) is 4.98 Å². The molecule has 0 atom stereocenters. The van der Waals surface area contributed by atoms with Gasteiger partial charge in [-0.15, -0.1) is 0 Å². The Bertz CT molecular complexity index is 802. The number of benzene rings is 2. The van der Waals surface area contributed by atoms with Crippen LogP contribution in [0.15, 0.2) is 67.0 Å². The summed E-state index contributed by atoms with van der Waals surface area (Å²) in [6.07, 6.45) is 2.85. The molecule has 0 aliphatic rings. The normalized spacial score (nSPS) is 10.3. The lowest BCUT2D eigenvalue weighted by molar-refractivity contribution is 0.0691. The molecule has 23 heavy (non-hydrogen) atoms. The van der Waals surface area contributed by atoms with Gasteiger partial charge in [-0.1, -0.05) is 42.5 Å². The lowest BCUT2D eigenvalue weighted by atomic mass is 10.1. The lowest BCUT2D eigenvalue weighted by Crippen LogP contribution is -2.04. The van der Waals surface area contributed by atoms with E-state index in [4.69, 9.17) is 9.84 Å². The monoisotopic (exact) mass is 306 g/mol. The van der Waals surface area contributed by atoms with Gasteiger partial charge in [0.15, 0.2) is 5.69 Å². The third-order valence-electron chi connectivity index (χ3n) is 3.28. The van der Waals surface area contributed by atoms with E-state index >= 15 is 0 Å². The number of carboxylic acids is 1. The Morgan fingerprint density at radius 3 is 2.35 bits per heavy atom. The van der Waals surface area contributed by atoms with Gasteiger partial charge in [-0.25, -0.2) is 9.78 Å². The fourth-order valence-electron chi connectivity index (χ4n) is 2.15. The highest BCUT2D eigenvalue weighted by atomic mass is 16.5. The summed E-state index contributed by atoms with van der Waals surface area (Å²) in [5.74, 6) is -0.289. The predicted octanol–water partition coefficient (Wildman–Crippen LogP) is 3.42. The minimum atomic E-state index is -1.09. The van der Waals surface area contributed by atoms with E-state index in [1.54, 1.807) is 0 Å². The van der Waals surface area contributed by atoms with Crippen molar-refractivity contribution in [2.45, 2.75) is 6.61 Å². The highest BCUT2D eigenvalue weighted by molar-refractivity contribution is 5.92. The maximum Gasteiger partial charge on any atom is 0.356 e. The molecule has 0 amide bonds. The number of aromatic carboxylic acids is 1. The van der Waals surface area contributed by atoms with Crippen LogP contribution in [0.3, 0.4) is 0 Å². The van der Waals surface area contributed by atoms with Crippen LogP contribution in [-0.2, 0) is 6.61 Å². The summed E-state index contributed by atoms with van der Waals surface area (Å²) < 4.78 is 5.68. The number of carboxylic acid groups (broad SMARTS) is 1. The molecule has 0 radical (unpaired) electrons. The van der Waals surface area contributed by atoms with Crippen LogP contribution in [0.4, 0.5) is 0 Å². The molecule has 0 saturated carbocycles. The fourth-order valence-corrected chi connectivity index (χ4v) is 2.15. The predicted molar refractivity (Wildman–Crippen MR) is 85.2 cm³/mol. The van der Waals surface area contributed by atoms with Gasteiger partial charge in [-0.05, 0) is 17.7 Å². The first-order valence-electron chi connectivity index (χ1n) is 7.05. The van der Waals surface area contributed by atoms with Crippen molar-refractivity contribution in [2.24, 2.45) is 0 Å². The zero-order valence-electron chi connectivity index (χ0n) is 12.2. The highest BCUT2D eigenvalue weighted by Gasteiger charge is 2.14. The van der Waals surface area contributed by atoms with E-state index in [-0.39, 0.29) is 5.69 Å². The Labute approximate surface area is 133 Å². The van der Waals surface area contributed by atoms with Crippen LogP contribution < -0.4 is 4.74 Å². The summed E-state index contributed by atoms with van der Waals surface area (Å²) in [5.41, 5.74) is 1.99. The average Bonchev–Trinajstić information content (AvgIpc) is 2.61. The summed E-state index contributed by atoms with van der Waals surface area (Å²) >= 11 is 0. The van der Waals surface area contributed by atoms with Gasteiger partial charge in [0.25, 0.3) is 0 Å². The van der Waals surface area contributed by atoms with E-state index in [9.17, 15) is 4.79 Å². The molecule has 1 heterocycles. The van der Waals surface area contributed by atoms with Gasteiger partial charge in [-0.2, -0.15) is 0 Å². The van der Waals surface area contributed by atoms with Crippen molar-refractivity contribution in [1.29, 1.82) is 0 Å². The number of hydrogen-bond donors (Lipinski definition) is 1. The van der Waals surface area contributed by atoms with Crippen molar-refractivity contribution in [3.8, 4) is 17.0 Å². The molecule has 0 unspecified atom stereocenters. The van der Waals surface area contributed by atoms with E-state index < -0.39 is 5.97 Å². The van der Waals surface area contributed by atoms with Crippen molar-refractivity contribution in [3.05, 3.63) is 78.2 Å². The largest absolute Gasteiger partial charge is 0.489 e. The Morgan fingerprint density at radius 1 is 0.957 bits per heavy atom. The molecule has 0 aliphatic heterocycles. The van der Waals surface area contributed by atoms with Gasteiger partial charge in [0, 0.05) is 18.0 Å². The molecule has 0 aliphatic carbocycles. The molecule has 1 aromatic heterocycles. The quantitative estimate of drug-likeness (QED) is 0.782. The third kappa shape index (κ3) is 3.52. The van der Waals surface area contributed by atoms with Crippen LogP contribution in [0.25, 0.3) is 11.3 Å². The molecule has 0 spiro atoms. The van der Waals surface area contributed by atoms with Crippen LogP contribution >= 0.6 is 0 Å². The highest BCUT2D eigenvalue weighted by Crippen LogP contribution is 2.21. The standard InChI is InChI=1S/C18H14N2O3/c21-18(22)17-16(19-10-11-20-17)14-8-6-13(7-9-14)12-23-15-4-2-1-3-5-15/h1-11H,12H2,(H,21,22). The van der Waals surface area contributed by atoms with Crippen molar-refractivity contribution < 1.29 is 14.6 Å². The number of nitrogens with zero attached hydrogens (tertiary/aromatic N) is 2. The van der Waals surface area contributed by atoms with Crippen molar-refractivity contribution >= 4 is 5.97 Å². The number of rotatable bonds is 5. The van der Waals surface area contributed by atoms with Gasteiger partial charge in [0.05, 0.1) is 0 Å². The summed E-state index contributed by atoms with van der Waals surface area (Å²) in [4.78, 5) is 19.2. The number of carbonyl (C=O) groups is 1. The summed E-state index contributed by atoms with van der Waals surface area (Å²) in [6.45, 7) is 0.441. The Hall–Kier alpha value is -3.21. The van der Waals surface area contributed by atoms with Crippen molar-refractivity contribution in [2.75, 3.05) is 0 Å².